The van der Waals surface area contributed by atoms with Crippen molar-refractivity contribution in [2.45, 2.75) is 46.1 Å². The smallest absolute Gasteiger partial charge is 0.223 e. The molecule has 0 saturated heterocycles. The summed E-state index contributed by atoms with van der Waals surface area (Å²) in [6, 6.07) is 5.88. The maximum absolute atomic E-state index is 11.6. The Kier molecular flexibility index (Phi) is 6.02. The van der Waals surface area contributed by atoms with E-state index < -0.39 is 5.60 Å². The molecule has 0 aromatic heterocycles. The lowest BCUT2D eigenvalue weighted by Crippen LogP contribution is -2.40. The summed E-state index contributed by atoms with van der Waals surface area (Å²) in [5, 5.41) is 12.5. The fraction of sp³-hybridized carbons (Fsp3) is 0.562. The van der Waals surface area contributed by atoms with Crippen LogP contribution in [0.25, 0.3) is 0 Å². The molecular formula is C16H25NO3. The third kappa shape index (κ3) is 5.61. The maximum Gasteiger partial charge on any atom is 0.223 e. The first-order valence-electron chi connectivity index (χ1n) is 7.03. The molecule has 0 fully saturated rings. The molecule has 1 aromatic carbocycles. The van der Waals surface area contributed by atoms with E-state index in [1.165, 1.54) is 11.1 Å². The normalized spacial score (nSPS) is 13.7. The minimum atomic E-state index is -0.843. The maximum atomic E-state index is 11.6. The quantitative estimate of drug-likeness (QED) is 0.805. The number of nitrogens with one attached hydrogen (secondary N) is 1. The van der Waals surface area contributed by atoms with E-state index in [9.17, 15) is 9.90 Å². The van der Waals surface area contributed by atoms with Gasteiger partial charge in [-0.2, -0.15) is 0 Å². The summed E-state index contributed by atoms with van der Waals surface area (Å²) in [5.41, 5.74) is 1.55. The highest BCUT2D eigenvalue weighted by atomic mass is 16.5. The van der Waals surface area contributed by atoms with Crippen molar-refractivity contribution in [3.8, 4) is 5.75 Å². The molecule has 0 bridgehead atoms. The zero-order chi connectivity index (χ0) is 15.2. The number of benzene rings is 1. The molecule has 1 aromatic rings. The Bertz CT molecular complexity index is 455. The molecule has 0 saturated carbocycles. The van der Waals surface area contributed by atoms with E-state index in [2.05, 4.69) is 5.32 Å². The van der Waals surface area contributed by atoms with Crippen molar-refractivity contribution in [2.75, 3.05) is 13.2 Å². The predicted octanol–water partition coefficient (Wildman–Crippen LogP) is 2.35. The first kappa shape index (κ1) is 16.5. The highest BCUT2D eigenvalue weighted by Crippen LogP contribution is 2.16. The number of hydrogen-bond donors (Lipinski definition) is 2. The van der Waals surface area contributed by atoms with Crippen LogP contribution in [0.1, 0.15) is 37.8 Å². The summed E-state index contributed by atoms with van der Waals surface area (Å²) < 4.78 is 5.55. The largest absolute Gasteiger partial charge is 0.493 e. The SMILES string of the molecule is CCC(C)(O)CNC(=O)CCOc1ccc(C)c(C)c1. The monoisotopic (exact) mass is 279 g/mol. The van der Waals surface area contributed by atoms with Gasteiger partial charge in [-0.1, -0.05) is 13.0 Å². The fourth-order valence-electron chi connectivity index (χ4n) is 1.57. The van der Waals surface area contributed by atoms with Crippen molar-refractivity contribution in [2.24, 2.45) is 0 Å². The second-order valence-corrected chi connectivity index (χ2v) is 5.47. The van der Waals surface area contributed by atoms with Crippen molar-refractivity contribution in [1.29, 1.82) is 0 Å². The molecule has 1 atom stereocenters. The lowest BCUT2D eigenvalue weighted by molar-refractivity contribution is -0.122. The molecule has 0 radical (unpaired) electrons. The Morgan fingerprint density at radius 3 is 2.65 bits per heavy atom. The van der Waals surface area contributed by atoms with Crippen LogP contribution in [-0.4, -0.2) is 29.8 Å². The molecule has 112 valence electrons. The second kappa shape index (κ2) is 7.29. The summed E-state index contributed by atoms with van der Waals surface area (Å²) >= 11 is 0. The van der Waals surface area contributed by atoms with Crippen molar-refractivity contribution < 1.29 is 14.6 Å². The molecule has 0 spiro atoms. The molecule has 0 aliphatic heterocycles. The van der Waals surface area contributed by atoms with Gasteiger partial charge in [0.05, 0.1) is 18.6 Å². The third-order valence-corrected chi connectivity index (χ3v) is 3.50. The van der Waals surface area contributed by atoms with Gasteiger partial charge in [-0.25, -0.2) is 0 Å². The molecule has 0 heterocycles. The lowest BCUT2D eigenvalue weighted by atomic mass is 10.0. The van der Waals surface area contributed by atoms with Gasteiger partial charge in [0.15, 0.2) is 0 Å². The number of ether oxygens (including phenoxy) is 1. The van der Waals surface area contributed by atoms with E-state index in [0.29, 0.717) is 13.0 Å². The first-order chi connectivity index (χ1) is 9.34. The molecule has 1 amide bonds. The Morgan fingerprint density at radius 1 is 1.35 bits per heavy atom. The summed E-state index contributed by atoms with van der Waals surface area (Å²) in [7, 11) is 0. The number of aliphatic hydroxyl groups is 1. The number of hydrogen-bond acceptors (Lipinski definition) is 3. The topological polar surface area (TPSA) is 58.6 Å². The van der Waals surface area contributed by atoms with Gasteiger partial charge in [0, 0.05) is 6.54 Å². The van der Waals surface area contributed by atoms with E-state index in [1.807, 2.05) is 39.0 Å². The van der Waals surface area contributed by atoms with E-state index >= 15 is 0 Å². The van der Waals surface area contributed by atoms with Gasteiger partial charge in [-0.05, 0) is 50.5 Å². The molecule has 0 aliphatic carbocycles. The van der Waals surface area contributed by atoms with Gasteiger partial charge in [0.2, 0.25) is 5.91 Å². The van der Waals surface area contributed by atoms with Crippen LogP contribution >= 0.6 is 0 Å². The molecule has 0 aliphatic rings. The average molecular weight is 279 g/mol. The van der Waals surface area contributed by atoms with Crippen molar-refractivity contribution in [3.05, 3.63) is 29.3 Å². The molecule has 2 N–H and O–H groups in total. The van der Waals surface area contributed by atoms with Crippen molar-refractivity contribution >= 4 is 5.91 Å². The first-order valence-corrected chi connectivity index (χ1v) is 7.03. The summed E-state index contributed by atoms with van der Waals surface area (Å²) in [5.74, 6) is 0.670. The van der Waals surface area contributed by atoms with Crippen LogP contribution in [0, 0.1) is 13.8 Å². The zero-order valence-corrected chi connectivity index (χ0v) is 12.8. The lowest BCUT2D eigenvalue weighted by Gasteiger charge is -2.21. The van der Waals surface area contributed by atoms with E-state index in [4.69, 9.17) is 4.74 Å². The number of carbonyl (C=O) groups is 1. The van der Waals surface area contributed by atoms with Gasteiger partial charge < -0.3 is 15.2 Å². The van der Waals surface area contributed by atoms with Crippen molar-refractivity contribution in [3.63, 3.8) is 0 Å². The van der Waals surface area contributed by atoms with E-state index in [-0.39, 0.29) is 18.9 Å². The van der Waals surface area contributed by atoms with Crippen LogP contribution in [0.3, 0.4) is 0 Å². The summed E-state index contributed by atoms with van der Waals surface area (Å²) in [4.78, 5) is 11.6. The summed E-state index contributed by atoms with van der Waals surface area (Å²) in [6.45, 7) is 8.27. The molecule has 4 heteroatoms. The Balaban J connectivity index is 2.30. The molecule has 4 nitrogen and oxygen atoms in total. The van der Waals surface area contributed by atoms with Crippen LogP contribution < -0.4 is 10.1 Å². The summed E-state index contributed by atoms with van der Waals surface area (Å²) in [6.07, 6.45) is 0.888. The Labute approximate surface area is 121 Å². The van der Waals surface area contributed by atoms with Gasteiger partial charge in [0.1, 0.15) is 5.75 Å². The average Bonchev–Trinajstić information content (AvgIpc) is 2.41. The Hall–Kier alpha value is -1.55. The third-order valence-electron chi connectivity index (χ3n) is 3.50. The van der Waals surface area contributed by atoms with Crippen LogP contribution in [0.5, 0.6) is 5.75 Å². The van der Waals surface area contributed by atoms with Gasteiger partial charge in [-0.3, -0.25) is 4.79 Å². The fourth-order valence-corrected chi connectivity index (χ4v) is 1.57. The number of amides is 1. The van der Waals surface area contributed by atoms with E-state index in [0.717, 1.165) is 5.75 Å². The van der Waals surface area contributed by atoms with Crippen LogP contribution in [0.15, 0.2) is 18.2 Å². The van der Waals surface area contributed by atoms with E-state index in [1.54, 1.807) is 6.92 Å². The number of aryl methyl sites for hydroxylation is 2. The van der Waals surface area contributed by atoms with Gasteiger partial charge >= 0.3 is 0 Å². The minimum absolute atomic E-state index is 0.109. The molecular weight excluding hydrogens is 254 g/mol. The predicted molar refractivity (Wildman–Crippen MR) is 80.0 cm³/mol. The minimum Gasteiger partial charge on any atom is -0.493 e. The Morgan fingerprint density at radius 2 is 2.05 bits per heavy atom. The van der Waals surface area contributed by atoms with Gasteiger partial charge in [0.25, 0.3) is 0 Å². The number of carbonyl (C=O) groups excluding carboxylic acids is 1. The molecule has 1 rings (SSSR count). The second-order valence-electron chi connectivity index (χ2n) is 5.47. The number of rotatable bonds is 7. The highest BCUT2D eigenvalue weighted by Gasteiger charge is 2.18. The van der Waals surface area contributed by atoms with Crippen LogP contribution in [-0.2, 0) is 4.79 Å². The highest BCUT2D eigenvalue weighted by molar-refractivity contribution is 5.76. The van der Waals surface area contributed by atoms with Crippen LogP contribution in [0.2, 0.25) is 0 Å². The van der Waals surface area contributed by atoms with Gasteiger partial charge in [-0.15, -0.1) is 0 Å². The zero-order valence-electron chi connectivity index (χ0n) is 12.8. The van der Waals surface area contributed by atoms with Crippen LogP contribution in [0.4, 0.5) is 0 Å². The molecule has 20 heavy (non-hydrogen) atoms. The van der Waals surface area contributed by atoms with Crippen molar-refractivity contribution in [1.82, 2.24) is 5.32 Å². The molecule has 1 unspecified atom stereocenters. The standard InChI is InChI=1S/C16H25NO3/c1-5-16(4,19)11-17-15(18)8-9-20-14-7-6-12(2)13(3)10-14/h6-7,10,19H,5,8-9,11H2,1-4H3,(H,17,18).